The molecule has 60 heavy (non-hydrogen) atoms. The maximum atomic E-state index is 9.04. The number of aromatic nitrogens is 4. The molecular weight excluding hydrogens is 796 g/mol. The van der Waals surface area contributed by atoms with E-state index in [1.807, 2.05) is 16.9 Å². The van der Waals surface area contributed by atoms with Crippen LogP contribution < -0.4 is 0 Å². The minimum Gasteiger partial charge on any atom is -0.261 e. The second-order valence-electron chi connectivity index (χ2n) is 23.1. The smallest absolute Gasteiger partial charge is 0.115 e. The van der Waals surface area contributed by atoms with Crippen LogP contribution in [-0.4, -0.2) is 30.1 Å². The van der Waals surface area contributed by atoms with Crippen LogP contribution in [0.1, 0.15) is 176 Å². The standard InChI is InChI=1S/C25H37N3S.C20H34S.C5H4ClN3.CH4/c1-24(2)10-8-19-18(12-24)4-5-21-20(19)9-11-25(3)22(21)6-7-23(25)29-16-28-15-17(13-26)14-27-28;1-19(2)10-8-14-13(12-19)4-5-16-15(14)9-11-20(3)17(16)6-7-18(20)21;6-4-9-3-5(1-7)2-8-9;/h14-15,18-23H,4-12,16H2,1-3H3;13-18,21H,4-12H2,1-3H3;2-3H,4H2;1H4/t18-,19+,20-,21-,22+,23+,25+;13-,14+,15-,16-,17+,18+,20+;;/m11../s1. The van der Waals surface area contributed by atoms with Crippen molar-refractivity contribution in [1.82, 2.24) is 19.6 Å². The lowest BCUT2D eigenvalue weighted by Gasteiger charge is -2.57. The van der Waals surface area contributed by atoms with Gasteiger partial charge in [0.05, 0.1) is 29.4 Å². The summed E-state index contributed by atoms with van der Waals surface area (Å²) in [5, 5.41) is 26.9. The van der Waals surface area contributed by atoms with Crippen molar-refractivity contribution in [2.24, 2.45) is 80.8 Å². The molecule has 0 bridgehead atoms. The first-order valence-electron chi connectivity index (χ1n) is 23.9. The summed E-state index contributed by atoms with van der Waals surface area (Å²) in [6.45, 7) is 15.2. The average Bonchev–Trinajstić information content (AvgIpc) is 4.02. The van der Waals surface area contributed by atoms with Crippen LogP contribution in [-0.2, 0) is 11.9 Å². The molecule has 10 rings (SSSR count). The highest BCUT2D eigenvalue weighted by atomic mass is 35.5. The van der Waals surface area contributed by atoms with Crippen molar-refractivity contribution < 1.29 is 0 Å². The third-order valence-corrected chi connectivity index (χ3v) is 21.6. The van der Waals surface area contributed by atoms with Gasteiger partial charge in [-0.15, -0.1) is 23.4 Å². The second-order valence-corrected chi connectivity index (χ2v) is 25.1. The van der Waals surface area contributed by atoms with Gasteiger partial charge in [-0.3, -0.25) is 9.36 Å². The van der Waals surface area contributed by atoms with Crippen LogP contribution >= 0.6 is 36.0 Å². The van der Waals surface area contributed by atoms with E-state index in [4.69, 9.17) is 34.8 Å². The number of nitrogens with zero attached hydrogens (tertiary/aromatic N) is 6. The second kappa shape index (κ2) is 18.5. The molecule has 0 unspecified atom stereocenters. The zero-order valence-electron chi connectivity index (χ0n) is 37.3. The van der Waals surface area contributed by atoms with Gasteiger partial charge >= 0.3 is 0 Å². The monoisotopic (exact) mass is 875 g/mol. The predicted molar refractivity (Wildman–Crippen MR) is 252 cm³/mol. The summed E-state index contributed by atoms with van der Waals surface area (Å²) < 4.78 is 3.45. The quantitative estimate of drug-likeness (QED) is 0.244. The number of thioether (sulfide) groups is 1. The molecule has 2 aromatic heterocycles. The molecule has 0 amide bonds. The van der Waals surface area contributed by atoms with Crippen molar-refractivity contribution in [3.63, 3.8) is 0 Å². The predicted octanol–water partition coefficient (Wildman–Crippen LogP) is 14.0. The lowest BCUT2D eigenvalue weighted by molar-refractivity contribution is -0.0646. The first kappa shape index (κ1) is 46.4. The Morgan fingerprint density at radius 3 is 1.63 bits per heavy atom. The van der Waals surface area contributed by atoms with Gasteiger partial charge in [0, 0.05) is 22.9 Å². The van der Waals surface area contributed by atoms with Crippen molar-refractivity contribution in [3.05, 3.63) is 35.9 Å². The lowest BCUT2D eigenvalue weighted by Crippen LogP contribution is -2.49. The maximum Gasteiger partial charge on any atom is 0.115 e. The summed E-state index contributed by atoms with van der Waals surface area (Å²) in [5.41, 5.74) is 3.51. The van der Waals surface area contributed by atoms with E-state index in [0.29, 0.717) is 44.0 Å². The number of halogens is 1. The van der Waals surface area contributed by atoms with E-state index in [9.17, 15) is 0 Å². The van der Waals surface area contributed by atoms with Crippen molar-refractivity contribution >= 4 is 36.0 Å². The largest absolute Gasteiger partial charge is 0.261 e. The summed E-state index contributed by atoms with van der Waals surface area (Å²) in [7, 11) is 0. The van der Waals surface area contributed by atoms with E-state index in [2.05, 4.69) is 69.6 Å². The van der Waals surface area contributed by atoms with E-state index in [1.54, 1.807) is 25.2 Å². The van der Waals surface area contributed by atoms with E-state index >= 15 is 0 Å². The Bertz CT molecular complexity index is 1840. The molecule has 0 spiro atoms. The molecule has 2 aromatic rings. The van der Waals surface area contributed by atoms with Crippen molar-refractivity contribution in [2.75, 3.05) is 0 Å². The highest BCUT2D eigenvalue weighted by Gasteiger charge is 2.58. The van der Waals surface area contributed by atoms with E-state index in [1.165, 1.54) is 114 Å². The van der Waals surface area contributed by atoms with Crippen LogP contribution in [0.15, 0.2) is 24.8 Å². The third-order valence-electron chi connectivity index (χ3n) is 18.9. The van der Waals surface area contributed by atoms with Gasteiger partial charge in [0.15, 0.2) is 0 Å². The van der Waals surface area contributed by atoms with Gasteiger partial charge in [-0.1, -0.05) is 49.0 Å². The molecule has 6 nitrogen and oxygen atoms in total. The average molecular weight is 876 g/mol. The van der Waals surface area contributed by atoms with Crippen LogP contribution in [0.25, 0.3) is 0 Å². The molecule has 0 aliphatic heterocycles. The molecule has 8 aliphatic rings. The minimum atomic E-state index is 0. The number of hydrogen-bond donors (Lipinski definition) is 1. The van der Waals surface area contributed by atoms with Crippen molar-refractivity contribution in [1.29, 1.82) is 10.5 Å². The number of alkyl halides is 1. The van der Waals surface area contributed by atoms with Crippen LogP contribution in [0.3, 0.4) is 0 Å². The molecular formula is C51H79ClN6S2. The summed E-state index contributed by atoms with van der Waals surface area (Å²) >= 11 is 12.5. The summed E-state index contributed by atoms with van der Waals surface area (Å²) in [4.78, 5) is 0. The molecule has 0 N–H and O–H groups in total. The molecule has 8 aliphatic carbocycles. The number of hydrogen-bond acceptors (Lipinski definition) is 6. The summed E-state index contributed by atoms with van der Waals surface area (Å²) in [6, 6.07) is 4.43. The van der Waals surface area contributed by atoms with Crippen LogP contribution in [0, 0.1) is 104 Å². The molecule has 0 saturated heterocycles. The maximum absolute atomic E-state index is 9.04. The number of fused-ring (bicyclic) bond motifs is 10. The summed E-state index contributed by atoms with van der Waals surface area (Å²) in [5.74, 6) is 11.2. The Kier molecular flexibility index (Phi) is 14.3. The Hall–Kier alpha value is -1.61. The fraction of sp³-hybridized carbons (Fsp3) is 0.843. The van der Waals surface area contributed by atoms with E-state index in [-0.39, 0.29) is 7.43 Å². The third kappa shape index (κ3) is 9.17. The van der Waals surface area contributed by atoms with E-state index < -0.39 is 0 Å². The topological polar surface area (TPSA) is 83.2 Å². The summed E-state index contributed by atoms with van der Waals surface area (Å²) in [6.07, 6.45) is 33.3. The fourth-order valence-electron chi connectivity index (χ4n) is 16.0. The zero-order chi connectivity index (χ0) is 41.7. The van der Waals surface area contributed by atoms with Gasteiger partial charge in [-0.05, 0) is 196 Å². The van der Waals surface area contributed by atoms with Crippen molar-refractivity contribution in [3.8, 4) is 12.1 Å². The zero-order valence-corrected chi connectivity index (χ0v) is 39.8. The highest BCUT2D eigenvalue weighted by Crippen LogP contribution is 2.66. The Morgan fingerprint density at radius 1 is 0.633 bits per heavy atom. The molecule has 8 saturated carbocycles. The number of rotatable bonds is 4. The SMILES string of the molecule is C.CC1(C)CC[C@H]2[C@H](CC[C@@H]3[C@@H]2CC[C@]2(C)[C@@H](S)CC[C@@H]32)C1.CC1(C)CC[C@H]2[C@H](CC[C@@H]3[C@@H]2CC[C@]2(C)[C@@H](SCn4cc(C#N)cn4)CC[C@@H]32)C1.N#Cc1cnn(CCl)c1. The van der Waals surface area contributed by atoms with Gasteiger partial charge in [0.25, 0.3) is 0 Å². The Balaban J connectivity index is 0.000000153. The molecule has 0 radical (unpaired) electrons. The molecule has 332 valence electrons. The number of nitriles is 2. The fourth-order valence-corrected chi connectivity index (χ4v) is 18.0. The molecule has 2 heterocycles. The van der Waals surface area contributed by atoms with E-state index in [0.717, 1.165) is 70.3 Å². The van der Waals surface area contributed by atoms with Crippen LogP contribution in [0.2, 0.25) is 0 Å². The molecule has 9 heteroatoms. The molecule has 0 aromatic carbocycles. The molecule has 14 atom stereocenters. The normalized spacial score (nSPS) is 41.6. The van der Waals surface area contributed by atoms with Crippen LogP contribution in [0.5, 0.6) is 0 Å². The lowest BCUT2D eigenvalue weighted by atomic mass is 9.49. The first-order valence-corrected chi connectivity index (χ1v) is 26.0. The Labute approximate surface area is 379 Å². The molecule has 8 fully saturated rings. The van der Waals surface area contributed by atoms with Gasteiger partial charge in [0.1, 0.15) is 18.1 Å². The minimum absolute atomic E-state index is 0. The van der Waals surface area contributed by atoms with Gasteiger partial charge < -0.3 is 0 Å². The van der Waals surface area contributed by atoms with Crippen molar-refractivity contribution in [2.45, 2.75) is 187 Å². The van der Waals surface area contributed by atoms with Gasteiger partial charge in [-0.25, -0.2) is 0 Å². The van der Waals surface area contributed by atoms with Crippen LogP contribution in [0.4, 0.5) is 0 Å². The number of thiol groups is 1. The van der Waals surface area contributed by atoms with Gasteiger partial charge in [-0.2, -0.15) is 33.3 Å². The Morgan fingerprint density at radius 2 is 1.12 bits per heavy atom. The van der Waals surface area contributed by atoms with Gasteiger partial charge in [0.2, 0.25) is 0 Å². The first-order chi connectivity index (χ1) is 28.2. The highest BCUT2D eigenvalue weighted by molar-refractivity contribution is 7.99.